The van der Waals surface area contributed by atoms with E-state index in [1.807, 2.05) is 7.11 Å². The van der Waals surface area contributed by atoms with Crippen molar-refractivity contribution < 1.29 is 4.74 Å². The molecule has 0 aliphatic carbocycles. The van der Waals surface area contributed by atoms with Gasteiger partial charge in [0.15, 0.2) is 0 Å². The lowest BCUT2D eigenvalue weighted by molar-refractivity contribution is 0.0268. The Labute approximate surface area is 123 Å². The zero-order valence-corrected chi connectivity index (χ0v) is 12.8. The van der Waals surface area contributed by atoms with Gasteiger partial charge in [-0.25, -0.2) is 0 Å². The number of benzene rings is 1. The highest BCUT2D eigenvalue weighted by atomic mass is 16.5. The summed E-state index contributed by atoms with van der Waals surface area (Å²) < 4.78 is 5.48. The average Bonchev–Trinajstić information content (AvgIpc) is 2.53. The number of rotatable bonds is 7. The van der Waals surface area contributed by atoms with Gasteiger partial charge in [0, 0.05) is 32.8 Å². The van der Waals surface area contributed by atoms with Crippen LogP contribution >= 0.6 is 0 Å². The summed E-state index contributed by atoms with van der Waals surface area (Å²) in [7, 11) is 1.83. The van der Waals surface area contributed by atoms with E-state index in [2.05, 4.69) is 47.5 Å². The number of methoxy groups -OCH3 is 1. The molecule has 0 aromatic heterocycles. The normalized spacial score (nSPS) is 19.1. The van der Waals surface area contributed by atoms with Crippen LogP contribution in [0, 0.1) is 0 Å². The van der Waals surface area contributed by atoms with Gasteiger partial charge in [-0.2, -0.15) is 0 Å². The topological polar surface area (TPSA) is 24.5 Å². The summed E-state index contributed by atoms with van der Waals surface area (Å²) in [6.07, 6.45) is 3.93. The molecule has 1 fully saturated rings. The van der Waals surface area contributed by atoms with E-state index in [4.69, 9.17) is 4.74 Å². The molecule has 1 aromatic rings. The predicted octanol–water partition coefficient (Wildman–Crippen LogP) is 2.84. The van der Waals surface area contributed by atoms with E-state index in [9.17, 15) is 0 Å². The predicted molar refractivity (Wildman–Crippen MR) is 83.9 cm³/mol. The minimum absolute atomic E-state index is 0.450. The first kappa shape index (κ1) is 15.5. The molecule has 112 valence electrons. The lowest BCUT2D eigenvalue weighted by Gasteiger charge is -2.37. The van der Waals surface area contributed by atoms with Crippen LogP contribution in [0.15, 0.2) is 30.3 Å². The maximum atomic E-state index is 5.48. The Bertz CT molecular complexity index is 361. The third-order valence-electron chi connectivity index (χ3n) is 4.20. The largest absolute Gasteiger partial charge is 0.381 e. The zero-order valence-electron chi connectivity index (χ0n) is 12.8. The lowest BCUT2D eigenvalue weighted by atomic mass is 10.0. The molecule has 20 heavy (non-hydrogen) atoms. The molecule has 1 atom stereocenters. The van der Waals surface area contributed by atoms with Crippen LogP contribution in [0.3, 0.4) is 0 Å². The first-order chi connectivity index (χ1) is 9.85. The number of ether oxygens (including phenoxy) is 1. The van der Waals surface area contributed by atoms with Crippen molar-refractivity contribution in [3.05, 3.63) is 35.9 Å². The fraction of sp³-hybridized carbons (Fsp3) is 0.647. The van der Waals surface area contributed by atoms with E-state index in [1.165, 1.54) is 12.0 Å². The van der Waals surface area contributed by atoms with Gasteiger partial charge < -0.3 is 10.1 Å². The Morgan fingerprint density at radius 3 is 2.55 bits per heavy atom. The van der Waals surface area contributed by atoms with Crippen molar-refractivity contribution in [2.75, 3.05) is 33.3 Å². The Morgan fingerprint density at radius 1 is 1.25 bits per heavy atom. The number of hydrogen-bond acceptors (Lipinski definition) is 3. The summed E-state index contributed by atoms with van der Waals surface area (Å²) in [5.41, 5.74) is 1.42. The summed E-state index contributed by atoms with van der Waals surface area (Å²) in [4.78, 5) is 2.60. The quantitative estimate of drug-likeness (QED) is 0.775. The van der Waals surface area contributed by atoms with Crippen molar-refractivity contribution in [1.82, 2.24) is 10.2 Å². The first-order valence-corrected chi connectivity index (χ1v) is 7.87. The highest BCUT2D eigenvalue weighted by Gasteiger charge is 2.25. The number of likely N-dealkylation sites (tertiary alicyclic amines) is 1. The fourth-order valence-corrected chi connectivity index (χ4v) is 2.97. The van der Waals surface area contributed by atoms with Crippen molar-refractivity contribution in [3.63, 3.8) is 0 Å². The molecule has 1 N–H and O–H groups in total. The van der Waals surface area contributed by atoms with E-state index in [0.717, 1.165) is 39.0 Å². The molecule has 1 heterocycles. The van der Waals surface area contributed by atoms with E-state index in [0.29, 0.717) is 12.1 Å². The first-order valence-electron chi connectivity index (χ1n) is 7.87. The highest BCUT2D eigenvalue weighted by molar-refractivity contribution is 5.19. The summed E-state index contributed by atoms with van der Waals surface area (Å²) in [5.74, 6) is 0. The smallest absolute Gasteiger partial charge is 0.0595 e. The third kappa shape index (κ3) is 4.30. The molecule has 1 aromatic carbocycles. The van der Waals surface area contributed by atoms with Gasteiger partial charge in [0.1, 0.15) is 0 Å². The van der Waals surface area contributed by atoms with Crippen molar-refractivity contribution in [2.24, 2.45) is 0 Å². The molecule has 3 nitrogen and oxygen atoms in total. The standard InChI is InChI=1S/C17H28N2O/c1-3-11-18-14-17(15-7-5-4-6-8-15)19-12-9-16(20-2)10-13-19/h4-8,16-18H,3,9-14H2,1-2H3. The summed E-state index contributed by atoms with van der Waals surface area (Å²) in [6, 6.07) is 11.4. The number of piperidine rings is 1. The van der Waals surface area contributed by atoms with Gasteiger partial charge in [0.05, 0.1) is 6.10 Å². The van der Waals surface area contributed by atoms with Crippen LogP contribution in [-0.2, 0) is 4.74 Å². The minimum atomic E-state index is 0.450. The van der Waals surface area contributed by atoms with Gasteiger partial charge in [-0.15, -0.1) is 0 Å². The molecule has 1 saturated heterocycles. The van der Waals surface area contributed by atoms with Crippen molar-refractivity contribution in [1.29, 1.82) is 0 Å². The molecule has 3 heteroatoms. The molecule has 1 unspecified atom stereocenters. The van der Waals surface area contributed by atoms with Crippen molar-refractivity contribution in [2.45, 2.75) is 38.3 Å². The van der Waals surface area contributed by atoms with Gasteiger partial charge in [0.2, 0.25) is 0 Å². The van der Waals surface area contributed by atoms with E-state index >= 15 is 0 Å². The van der Waals surface area contributed by atoms with Gasteiger partial charge in [-0.1, -0.05) is 37.3 Å². The van der Waals surface area contributed by atoms with Gasteiger partial charge in [-0.05, 0) is 31.4 Å². The van der Waals surface area contributed by atoms with E-state index in [1.54, 1.807) is 0 Å². The Balaban J connectivity index is 1.99. The second-order valence-corrected chi connectivity index (χ2v) is 5.60. The van der Waals surface area contributed by atoms with Gasteiger partial charge >= 0.3 is 0 Å². The van der Waals surface area contributed by atoms with Crippen LogP contribution in [0.1, 0.15) is 37.8 Å². The average molecular weight is 276 g/mol. The van der Waals surface area contributed by atoms with Crippen LogP contribution in [0.4, 0.5) is 0 Å². The van der Waals surface area contributed by atoms with Crippen LogP contribution in [0.25, 0.3) is 0 Å². The number of hydrogen-bond donors (Lipinski definition) is 1. The molecule has 1 aliphatic heterocycles. The number of nitrogens with zero attached hydrogens (tertiary/aromatic N) is 1. The molecule has 0 radical (unpaired) electrons. The molecular formula is C17H28N2O. The SMILES string of the molecule is CCCNCC(c1ccccc1)N1CCC(OC)CC1. The molecule has 0 spiro atoms. The molecule has 0 saturated carbocycles. The third-order valence-corrected chi connectivity index (χ3v) is 4.20. The molecule has 2 rings (SSSR count). The maximum Gasteiger partial charge on any atom is 0.0595 e. The van der Waals surface area contributed by atoms with Gasteiger partial charge in [0.25, 0.3) is 0 Å². The highest BCUT2D eigenvalue weighted by Crippen LogP contribution is 2.25. The van der Waals surface area contributed by atoms with Crippen LogP contribution in [0.5, 0.6) is 0 Å². The summed E-state index contributed by atoms with van der Waals surface area (Å²) >= 11 is 0. The Kier molecular flexibility index (Phi) is 6.51. The molecule has 0 bridgehead atoms. The van der Waals surface area contributed by atoms with Crippen LogP contribution in [0.2, 0.25) is 0 Å². The van der Waals surface area contributed by atoms with Crippen LogP contribution < -0.4 is 5.32 Å². The van der Waals surface area contributed by atoms with Crippen molar-refractivity contribution in [3.8, 4) is 0 Å². The summed E-state index contributed by atoms with van der Waals surface area (Å²) in [6.45, 7) is 6.61. The Hall–Kier alpha value is -0.900. The molecular weight excluding hydrogens is 248 g/mol. The number of nitrogens with one attached hydrogen (secondary N) is 1. The summed E-state index contributed by atoms with van der Waals surface area (Å²) in [5, 5.41) is 3.58. The minimum Gasteiger partial charge on any atom is -0.381 e. The molecule has 1 aliphatic rings. The zero-order chi connectivity index (χ0) is 14.2. The lowest BCUT2D eigenvalue weighted by Crippen LogP contribution is -2.42. The monoisotopic (exact) mass is 276 g/mol. The second kappa shape index (κ2) is 8.40. The Morgan fingerprint density at radius 2 is 1.95 bits per heavy atom. The maximum absolute atomic E-state index is 5.48. The van der Waals surface area contributed by atoms with Crippen LogP contribution in [-0.4, -0.2) is 44.3 Å². The fourth-order valence-electron chi connectivity index (χ4n) is 2.97. The van der Waals surface area contributed by atoms with Crippen molar-refractivity contribution >= 4 is 0 Å². The second-order valence-electron chi connectivity index (χ2n) is 5.60. The van der Waals surface area contributed by atoms with Gasteiger partial charge in [-0.3, -0.25) is 4.90 Å². The van der Waals surface area contributed by atoms with E-state index < -0.39 is 0 Å². The van der Waals surface area contributed by atoms with E-state index in [-0.39, 0.29) is 0 Å². The molecule has 0 amide bonds.